The molecule has 1 saturated carbocycles. The van der Waals surface area contributed by atoms with Crippen molar-refractivity contribution in [3.63, 3.8) is 0 Å². The standard InChI is InChI=1S/C29H31BrF4N4O3/c1-28(2,3)41-27(40)35-16-18-5-4-6-20(13-18)38-24(15-25(37-38)29(32,33)34)26(39)36-23-14-19(10-12-22(23)31)21(30)11-9-17-7-8-17/h4-6,10,12-15,17,21H,7-9,11,16H2,1-3H3,(H,35,40)(H,36,39). The highest BCUT2D eigenvalue weighted by Crippen LogP contribution is 2.39. The molecule has 1 fully saturated rings. The molecule has 220 valence electrons. The van der Waals surface area contributed by atoms with E-state index in [1.165, 1.54) is 37.1 Å². The summed E-state index contributed by atoms with van der Waals surface area (Å²) in [6, 6.07) is 11.1. The van der Waals surface area contributed by atoms with Gasteiger partial charge in [0.15, 0.2) is 5.69 Å². The number of alkyl halides is 4. The molecule has 1 aliphatic rings. The van der Waals surface area contributed by atoms with E-state index in [2.05, 4.69) is 31.7 Å². The normalized spacial score (nSPS) is 14.4. The topological polar surface area (TPSA) is 85.2 Å². The zero-order chi connectivity index (χ0) is 29.9. The molecule has 1 atom stereocenters. The maximum atomic E-state index is 14.7. The van der Waals surface area contributed by atoms with E-state index in [1.807, 2.05) is 0 Å². The Balaban J connectivity index is 1.57. The minimum atomic E-state index is -4.83. The number of nitrogens with zero attached hydrogens (tertiary/aromatic N) is 2. The van der Waals surface area contributed by atoms with Crippen LogP contribution in [0, 0.1) is 11.7 Å². The molecule has 2 amide bonds. The first-order valence-corrected chi connectivity index (χ1v) is 14.1. The third-order valence-electron chi connectivity index (χ3n) is 6.35. The van der Waals surface area contributed by atoms with Gasteiger partial charge in [-0.25, -0.2) is 13.9 Å². The van der Waals surface area contributed by atoms with Gasteiger partial charge in [0.25, 0.3) is 5.91 Å². The molecular weight excluding hydrogens is 608 g/mol. The Morgan fingerprint density at radius 3 is 2.51 bits per heavy atom. The number of nitrogens with one attached hydrogen (secondary N) is 2. The van der Waals surface area contributed by atoms with Crippen molar-refractivity contribution in [2.75, 3.05) is 5.32 Å². The highest BCUT2D eigenvalue weighted by Gasteiger charge is 2.36. The number of hydrogen-bond donors (Lipinski definition) is 2. The molecule has 2 N–H and O–H groups in total. The average Bonchev–Trinajstić information content (AvgIpc) is 3.60. The van der Waals surface area contributed by atoms with Crippen LogP contribution in [0.3, 0.4) is 0 Å². The van der Waals surface area contributed by atoms with Crippen LogP contribution >= 0.6 is 15.9 Å². The predicted molar refractivity (Wildman–Crippen MR) is 150 cm³/mol. The van der Waals surface area contributed by atoms with Gasteiger partial charge in [-0.1, -0.05) is 47.0 Å². The SMILES string of the molecule is CC(C)(C)OC(=O)NCc1cccc(-n2nc(C(F)(F)F)cc2C(=O)Nc2cc(C(Br)CCC3CC3)ccc2F)c1. The summed E-state index contributed by atoms with van der Waals surface area (Å²) in [5.74, 6) is -0.976. The summed E-state index contributed by atoms with van der Waals surface area (Å²) >= 11 is 3.61. The van der Waals surface area contributed by atoms with E-state index in [4.69, 9.17) is 4.74 Å². The molecule has 0 radical (unpaired) electrons. The van der Waals surface area contributed by atoms with Gasteiger partial charge in [-0.2, -0.15) is 18.3 Å². The molecule has 0 spiro atoms. The van der Waals surface area contributed by atoms with Gasteiger partial charge in [0.05, 0.1) is 11.4 Å². The van der Waals surface area contributed by atoms with Crippen LogP contribution in [0.4, 0.5) is 28.0 Å². The maximum absolute atomic E-state index is 14.7. The fourth-order valence-corrected chi connectivity index (χ4v) is 4.69. The molecule has 1 unspecified atom stereocenters. The second-order valence-electron chi connectivity index (χ2n) is 11.0. The van der Waals surface area contributed by atoms with Gasteiger partial charge < -0.3 is 15.4 Å². The van der Waals surface area contributed by atoms with Gasteiger partial charge in [-0.3, -0.25) is 4.79 Å². The van der Waals surface area contributed by atoms with Crippen molar-refractivity contribution in [1.82, 2.24) is 15.1 Å². The Morgan fingerprint density at radius 2 is 1.85 bits per heavy atom. The summed E-state index contributed by atoms with van der Waals surface area (Å²) in [7, 11) is 0. The number of hydrogen-bond acceptors (Lipinski definition) is 4. The molecule has 7 nitrogen and oxygen atoms in total. The minimum Gasteiger partial charge on any atom is -0.444 e. The summed E-state index contributed by atoms with van der Waals surface area (Å²) in [6.45, 7) is 5.16. The average molecular weight is 639 g/mol. The van der Waals surface area contributed by atoms with Crippen LogP contribution in [0.1, 0.15) is 78.6 Å². The van der Waals surface area contributed by atoms with E-state index in [1.54, 1.807) is 39.0 Å². The fourth-order valence-electron chi connectivity index (χ4n) is 4.14. The number of alkyl carbamates (subject to hydrolysis) is 1. The van der Waals surface area contributed by atoms with E-state index in [-0.39, 0.29) is 22.7 Å². The lowest BCUT2D eigenvalue weighted by atomic mass is 10.1. The van der Waals surface area contributed by atoms with Gasteiger partial charge in [0.1, 0.15) is 17.1 Å². The van der Waals surface area contributed by atoms with Crippen molar-refractivity contribution < 1.29 is 31.9 Å². The summed E-state index contributed by atoms with van der Waals surface area (Å²) in [5, 5.41) is 8.62. The van der Waals surface area contributed by atoms with Crippen LogP contribution in [0.25, 0.3) is 5.69 Å². The Hall–Kier alpha value is -3.41. The molecule has 1 aromatic heterocycles. The molecule has 12 heteroatoms. The van der Waals surface area contributed by atoms with Gasteiger partial charge in [0, 0.05) is 17.4 Å². The lowest BCUT2D eigenvalue weighted by Crippen LogP contribution is -2.32. The van der Waals surface area contributed by atoms with Gasteiger partial charge in [-0.15, -0.1) is 0 Å². The Labute approximate surface area is 243 Å². The molecule has 2 aromatic carbocycles. The summed E-state index contributed by atoms with van der Waals surface area (Å²) < 4.78 is 61.6. The first-order valence-electron chi connectivity index (χ1n) is 13.2. The van der Waals surface area contributed by atoms with Crippen molar-refractivity contribution in [2.45, 2.75) is 69.6 Å². The monoisotopic (exact) mass is 638 g/mol. The quantitative estimate of drug-likeness (QED) is 0.184. The van der Waals surface area contributed by atoms with Crippen LogP contribution in [-0.4, -0.2) is 27.4 Å². The number of carbonyl (C=O) groups excluding carboxylic acids is 2. The molecule has 4 rings (SSSR count). The van der Waals surface area contributed by atoms with Gasteiger partial charge in [0.2, 0.25) is 0 Å². The third-order valence-corrected chi connectivity index (χ3v) is 7.34. The minimum absolute atomic E-state index is 0.0180. The molecule has 1 aliphatic carbocycles. The number of carbonyl (C=O) groups is 2. The maximum Gasteiger partial charge on any atom is 0.435 e. The van der Waals surface area contributed by atoms with Crippen molar-refractivity contribution in [3.8, 4) is 5.69 Å². The fraction of sp³-hybridized carbons (Fsp3) is 0.414. The zero-order valence-electron chi connectivity index (χ0n) is 22.8. The lowest BCUT2D eigenvalue weighted by molar-refractivity contribution is -0.141. The largest absolute Gasteiger partial charge is 0.444 e. The summed E-state index contributed by atoms with van der Waals surface area (Å²) in [6.07, 6.45) is -1.20. The first kappa shape index (κ1) is 30.5. The number of anilines is 1. The van der Waals surface area contributed by atoms with Crippen molar-refractivity contribution in [3.05, 3.63) is 76.9 Å². The van der Waals surface area contributed by atoms with E-state index in [0.717, 1.165) is 23.1 Å². The number of rotatable bonds is 9. The second kappa shape index (κ2) is 12.2. The third kappa shape index (κ3) is 8.54. The van der Waals surface area contributed by atoms with Crippen molar-refractivity contribution in [2.24, 2.45) is 5.92 Å². The number of ether oxygens (including phenoxy) is 1. The van der Waals surface area contributed by atoms with Crippen LogP contribution in [0.5, 0.6) is 0 Å². The molecule has 3 aromatic rings. The highest BCUT2D eigenvalue weighted by atomic mass is 79.9. The molecule has 1 heterocycles. The highest BCUT2D eigenvalue weighted by molar-refractivity contribution is 9.09. The molecule has 0 saturated heterocycles. The van der Waals surface area contributed by atoms with Crippen LogP contribution in [0.2, 0.25) is 0 Å². The van der Waals surface area contributed by atoms with Crippen LogP contribution in [0.15, 0.2) is 48.5 Å². The molecule has 0 aliphatic heterocycles. The van der Waals surface area contributed by atoms with Crippen molar-refractivity contribution >= 4 is 33.6 Å². The Morgan fingerprint density at radius 1 is 1.12 bits per heavy atom. The van der Waals surface area contributed by atoms with Crippen LogP contribution in [-0.2, 0) is 17.5 Å². The van der Waals surface area contributed by atoms with Gasteiger partial charge in [-0.05, 0) is 74.9 Å². The number of amides is 2. The van der Waals surface area contributed by atoms with E-state index in [0.29, 0.717) is 17.5 Å². The lowest BCUT2D eigenvalue weighted by Gasteiger charge is -2.19. The molecular formula is C29H31BrF4N4O3. The summed E-state index contributed by atoms with van der Waals surface area (Å²) in [5.41, 5.74) is -1.17. The second-order valence-corrected chi connectivity index (χ2v) is 12.1. The van der Waals surface area contributed by atoms with Gasteiger partial charge >= 0.3 is 12.3 Å². The number of halogens is 5. The summed E-state index contributed by atoms with van der Waals surface area (Å²) in [4.78, 5) is 25.2. The smallest absolute Gasteiger partial charge is 0.435 e. The number of benzene rings is 2. The van der Waals surface area contributed by atoms with Crippen molar-refractivity contribution in [1.29, 1.82) is 0 Å². The van der Waals surface area contributed by atoms with Crippen LogP contribution < -0.4 is 10.6 Å². The molecule has 41 heavy (non-hydrogen) atoms. The van der Waals surface area contributed by atoms with E-state index in [9.17, 15) is 27.2 Å². The van der Waals surface area contributed by atoms with E-state index >= 15 is 0 Å². The van der Waals surface area contributed by atoms with E-state index < -0.39 is 41.0 Å². The number of aromatic nitrogens is 2. The first-order chi connectivity index (χ1) is 19.2. The Kier molecular flexibility index (Phi) is 9.10. The predicted octanol–water partition coefficient (Wildman–Crippen LogP) is 7.93. The molecule has 0 bridgehead atoms. The Bertz CT molecular complexity index is 1410. The zero-order valence-corrected chi connectivity index (χ0v) is 24.4.